The number of furan rings is 1. The average molecular weight is 244 g/mol. The second-order valence-corrected chi connectivity index (χ2v) is 3.72. The van der Waals surface area contributed by atoms with Crippen LogP contribution in [0.3, 0.4) is 0 Å². The molecule has 0 aliphatic carbocycles. The molecule has 0 atom stereocenters. The molecule has 0 fully saturated rings. The Bertz CT molecular complexity index is 373. The molecule has 1 aromatic rings. The standard InChI is InChI=1S/C11H14ClNO3/c1-8(2)7-15-6-4-13-11(14)9-3-5-16-10(9)12/h3,5H,1,4,6-7H2,2H3,(H,13,14). The molecule has 0 unspecified atom stereocenters. The Balaban J connectivity index is 2.21. The minimum atomic E-state index is -0.266. The summed E-state index contributed by atoms with van der Waals surface area (Å²) in [6, 6.07) is 1.52. The van der Waals surface area contributed by atoms with Gasteiger partial charge >= 0.3 is 0 Å². The molecule has 0 aliphatic rings. The van der Waals surface area contributed by atoms with Gasteiger partial charge < -0.3 is 14.5 Å². The third-order valence-electron chi connectivity index (χ3n) is 1.74. The lowest BCUT2D eigenvalue weighted by molar-refractivity contribution is 0.0926. The molecule has 88 valence electrons. The molecule has 0 bridgehead atoms. The first-order chi connectivity index (χ1) is 7.61. The van der Waals surface area contributed by atoms with E-state index in [1.54, 1.807) is 0 Å². The van der Waals surface area contributed by atoms with Gasteiger partial charge in [0, 0.05) is 6.54 Å². The summed E-state index contributed by atoms with van der Waals surface area (Å²) in [5.41, 5.74) is 1.28. The van der Waals surface area contributed by atoms with Crippen LogP contribution in [0.25, 0.3) is 0 Å². The summed E-state index contributed by atoms with van der Waals surface area (Å²) in [4.78, 5) is 11.5. The van der Waals surface area contributed by atoms with Crippen molar-refractivity contribution in [2.75, 3.05) is 19.8 Å². The molecule has 0 aromatic carbocycles. The van der Waals surface area contributed by atoms with Crippen molar-refractivity contribution in [2.45, 2.75) is 6.92 Å². The van der Waals surface area contributed by atoms with Crippen molar-refractivity contribution in [2.24, 2.45) is 0 Å². The first-order valence-corrected chi connectivity index (χ1v) is 5.22. The first kappa shape index (κ1) is 12.8. The summed E-state index contributed by atoms with van der Waals surface area (Å²) in [5, 5.41) is 2.76. The Morgan fingerprint density at radius 2 is 2.44 bits per heavy atom. The van der Waals surface area contributed by atoms with Crippen LogP contribution in [0.1, 0.15) is 17.3 Å². The number of halogens is 1. The summed E-state index contributed by atoms with van der Waals surface area (Å²) >= 11 is 5.65. The van der Waals surface area contributed by atoms with Gasteiger partial charge in [0.25, 0.3) is 5.91 Å². The Morgan fingerprint density at radius 1 is 1.69 bits per heavy atom. The van der Waals surface area contributed by atoms with Gasteiger partial charge in [-0.15, -0.1) is 0 Å². The number of amides is 1. The van der Waals surface area contributed by atoms with Crippen molar-refractivity contribution < 1.29 is 13.9 Å². The van der Waals surface area contributed by atoms with Gasteiger partial charge in [-0.1, -0.05) is 12.2 Å². The van der Waals surface area contributed by atoms with Gasteiger partial charge in [0.05, 0.1) is 25.0 Å². The highest BCUT2D eigenvalue weighted by molar-refractivity contribution is 6.32. The molecule has 0 radical (unpaired) electrons. The van der Waals surface area contributed by atoms with Crippen molar-refractivity contribution in [3.63, 3.8) is 0 Å². The third-order valence-corrected chi connectivity index (χ3v) is 2.04. The predicted octanol–water partition coefficient (Wildman–Crippen LogP) is 2.26. The summed E-state index contributed by atoms with van der Waals surface area (Å²) in [6.45, 7) is 6.94. The third kappa shape index (κ3) is 4.08. The van der Waals surface area contributed by atoms with Gasteiger partial charge in [-0.05, 0) is 24.6 Å². The number of hydrogen-bond acceptors (Lipinski definition) is 3. The quantitative estimate of drug-likeness (QED) is 0.616. The fourth-order valence-corrected chi connectivity index (χ4v) is 1.23. The van der Waals surface area contributed by atoms with Crippen LogP contribution in [0.2, 0.25) is 5.22 Å². The molecular weight excluding hydrogens is 230 g/mol. The normalized spacial score (nSPS) is 10.1. The van der Waals surface area contributed by atoms with E-state index < -0.39 is 0 Å². The maximum atomic E-state index is 11.5. The average Bonchev–Trinajstić information content (AvgIpc) is 2.63. The van der Waals surface area contributed by atoms with Crippen molar-refractivity contribution in [1.29, 1.82) is 0 Å². The van der Waals surface area contributed by atoms with Gasteiger partial charge in [0.1, 0.15) is 0 Å². The SMILES string of the molecule is C=C(C)COCCNC(=O)c1ccoc1Cl. The second kappa shape index (κ2) is 6.35. The summed E-state index contributed by atoms with van der Waals surface area (Å²) in [5.74, 6) is -0.266. The maximum Gasteiger partial charge on any atom is 0.256 e. The van der Waals surface area contributed by atoms with E-state index in [9.17, 15) is 4.79 Å². The molecule has 0 aliphatic heterocycles. The smallest absolute Gasteiger partial charge is 0.256 e. The van der Waals surface area contributed by atoms with Crippen LogP contribution in [-0.4, -0.2) is 25.7 Å². The maximum absolute atomic E-state index is 11.5. The van der Waals surface area contributed by atoms with Gasteiger partial charge in [-0.3, -0.25) is 4.79 Å². The highest BCUT2D eigenvalue weighted by atomic mass is 35.5. The number of hydrogen-bond donors (Lipinski definition) is 1. The molecule has 4 nitrogen and oxygen atoms in total. The molecule has 0 saturated heterocycles. The lowest BCUT2D eigenvalue weighted by Crippen LogP contribution is -2.27. The fraction of sp³-hybridized carbons (Fsp3) is 0.364. The van der Waals surface area contributed by atoms with Crippen molar-refractivity contribution >= 4 is 17.5 Å². The van der Waals surface area contributed by atoms with E-state index >= 15 is 0 Å². The van der Waals surface area contributed by atoms with E-state index in [1.165, 1.54) is 12.3 Å². The van der Waals surface area contributed by atoms with Gasteiger partial charge in [-0.2, -0.15) is 0 Å². The van der Waals surface area contributed by atoms with Crippen LogP contribution >= 0.6 is 11.6 Å². The van der Waals surface area contributed by atoms with Gasteiger partial charge in [0.15, 0.2) is 0 Å². The largest absolute Gasteiger partial charge is 0.452 e. The predicted molar refractivity (Wildman–Crippen MR) is 61.7 cm³/mol. The Morgan fingerprint density at radius 3 is 3.00 bits per heavy atom. The second-order valence-electron chi connectivity index (χ2n) is 3.37. The molecule has 16 heavy (non-hydrogen) atoms. The lowest BCUT2D eigenvalue weighted by Gasteiger charge is -2.05. The number of ether oxygens (including phenoxy) is 1. The zero-order chi connectivity index (χ0) is 12.0. The molecule has 1 N–H and O–H groups in total. The highest BCUT2D eigenvalue weighted by Crippen LogP contribution is 2.15. The minimum absolute atomic E-state index is 0.0976. The Kier molecular flexibility index (Phi) is 5.08. The molecule has 1 aromatic heterocycles. The Labute approximate surface area is 99.2 Å². The minimum Gasteiger partial charge on any atom is -0.452 e. The molecule has 1 rings (SSSR count). The van der Waals surface area contributed by atoms with Crippen LogP contribution in [0.4, 0.5) is 0 Å². The molecule has 0 saturated carbocycles. The van der Waals surface area contributed by atoms with E-state index in [2.05, 4.69) is 11.9 Å². The Hall–Kier alpha value is -1.26. The fourth-order valence-electron chi connectivity index (χ4n) is 1.03. The summed E-state index contributed by atoms with van der Waals surface area (Å²) in [6.07, 6.45) is 1.37. The molecule has 1 heterocycles. The first-order valence-electron chi connectivity index (χ1n) is 4.84. The van der Waals surface area contributed by atoms with Crippen LogP contribution in [0.5, 0.6) is 0 Å². The summed E-state index contributed by atoms with van der Waals surface area (Å²) in [7, 11) is 0. The molecule has 1 amide bonds. The van der Waals surface area contributed by atoms with Gasteiger partial charge in [-0.25, -0.2) is 0 Å². The zero-order valence-electron chi connectivity index (χ0n) is 9.09. The zero-order valence-corrected chi connectivity index (χ0v) is 9.84. The van der Waals surface area contributed by atoms with E-state index in [0.29, 0.717) is 25.3 Å². The molecule has 0 spiro atoms. The van der Waals surface area contributed by atoms with Gasteiger partial charge in [0.2, 0.25) is 5.22 Å². The van der Waals surface area contributed by atoms with E-state index in [0.717, 1.165) is 5.57 Å². The van der Waals surface area contributed by atoms with E-state index in [1.807, 2.05) is 6.92 Å². The van der Waals surface area contributed by atoms with Crippen LogP contribution in [0.15, 0.2) is 28.9 Å². The monoisotopic (exact) mass is 243 g/mol. The van der Waals surface area contributed by atoms with Crippen LogP contribution < -0.4 is 5.32 Å². The van der Waals surface area contributed by atoms with E-state index in [4.69, 9.17) is 20.8 Å². The van der Waals surface area contributed by atoms with E-state index in [-0.39, 0.29) is 11.1 Å². The number of rotatable bonds is 6. The number of carbonyl (C=O) groups excluding carboxylic acids is 1. The van der Waals surface area contributed by atoms with Crippen molar-refractivity contribution in [1.82, 2.24) is 5.32 Å². The molecule has 5 heteroatoms. The van der Waals surface area contributed by atoms with Crippen LogP contribution in [0, 0.1) is 0 Å². The van der Waals surface area contributed by atoms with Crippen LogP contribution in [-0.2, 0) is 4.74 Å². The lowest BCUT2D eigenvalue weighted by atomic mass is 10.3. The number of nitrogens with one attached hydrogen (secondary N) is 1. The molecular formula is C11H14ClNO3. The number of carbonyl (C=O) groups is 1. The highest BCUT2D eigenvalue weighted by Gasteiger charge is 2.11. The topological polar surface area (TPSA) is 51.5 Å². The van der Waals surface area contributed by atoms with Crippen molar-refractivity contribution in [3.05, 3.63) is 35.3 Å². The summed E-state index contributed by atoms with van der Waals surface area (Å²) < 4.78 is 10.0. The van der Waals surface area contributed by atoms with Crippen molar-refractivity contribution in [3.8, 4) is 0 Å².